The fourth-order valence-corrected chi connectivity index (χ4v) is 3.00. The molecule has 0 atom stereocenters. The topological polar surface area (TPSA) is 51.1 Å². The zero-order chi connectivity index (χ0) is 22.6. The van der Waals surface area contributed by atoms with Crippen LogP contribution < -0.4 is 15.4 Å². The summed E-state index contributed by atoms with van der Waals surface area (Å²) in [6.07, 6.45) is -4.43. The fraction of sp³-hybridized carbons (Fsp3) is 0.200. The van der Waals surface area contributed by atoms with Crippen LogP contribution in [-0.4, -0.2) is 21.5 Å². The molecule has 0 saturated carbocycles. The monoisotopic (exact) mass is 456 g/mol. The van der Waals surface area contributed by atoms with Crippen LogP contribution in [-0.2, 0) is 12.7 Å². The lowest BCUT2D eigenvalue weighted by Crippen LogP contribution is -2.20. The molecular formula is C20H17F5N4OS. The highest BCUT2D eigenvalue weighted by molar-refractivity contribution is 7.80. The summed E-state index contributed by atoms with van der Waals surface area (Å²) in [5.74, 6) is 0.266. The molecule has 0 unspecified atom stereocenters. The number of benzene rings is 2. The predicted molar refractivity (Wildman–Crippen MR) is 110 cm³/mol. The zero-order valence-corrected chi connectivity index (χ0v) is 16.9. The van der Waals surface area contributed by atoms with Crippen LogP contribution in [0.25, 0.3) is 0 Å². The summed E-state index contributed by atoms with van der Waals surface area (Å²) in [6, 6.07) is 12.7. The number of alkyl halides is 5. The van der Waals surface area contributed by atoms with Crippen molar-refractivity contribution < 1.29 is 26.7 Å². The Labute approximate surface area is 179 Å². The van der Waals surface area contributed by atoms with E-state index in [4.69, 9.17) is 12.2 Å². The highest BCUT2D eigenvalue weighted by atomic mass is 32.1. The van der Waals surface area contributed by atoms with Crippen LogP contribution in [0.15, 0.2) is 54.6 Å². The molecule has 31 heavy (non-hydrogen) atoms. The summed E-state index contributed by atoms with van der Waals surface area (Å²) in [5, 5.41) is 9.95. The number of aryl methyl sites for hydroxylation is 1. The van der Waals surface area contributed by atoms with E-state index in [0.717, 1.165) is 12.1 Å². The minimum absolute atomic E-state index is 0.0760. The molecule has 0 radical (unpaired) electrons. The number of aromatic nitrogens is 2. The minimum atomic E-state index is -4.43. The van der Waals surface area contributed by atoms with Crippen LogP contribution in [0.1, 0.15) is 16.8 Å². The number of nitrogens with zero attached hydrogens (tertiary/aromatic N) is 2. The summed E-state index contributed by atoms with van der Waals surface area (Å²) in [5.41, 5.74) is 0.624. The molecule has 1 heterocycles. The van der Waals surface area contributed by atoms with Gasteiger partial charge in [-0.3, -0.25) is 4.68 Å². The van der Waals surface area contributed by atoms with E-state index in [2.05, 4.69) is 20.5 Å². The lowest BCUT2D eigenvalue weighted by atomic mass is 10.1. The maximum atomic E-state index is 12.9. The van der Waals surface area contributed by atoms with Crippen molar-refractivity contribution in [3.05, 3.63) is 71.4 Å². The minimum Gasteiger partial charge on any atom is -0.433 e. The maximum absolute atomic E-state index is 12.9. The van der Waals surface area contributed by atoms with E-state index in [-0.39, 0.29) is 23.1 Å². The van der Waals surface area contributed by atoms with Gasteiger partial charge in [-0.25, -0.2) is 0 Å². The van der Waals surface area contributed by atoms with Crippen LogP contribution in [0, 0.1) is 6.92 Å². The van der Waals surface area contributed by atoms with Gasteiger partial charge >= 0.3 is 12.8 Å². The van der Waals surface area contributed by atoms with Gasteiger partial charge in [0.15, 0.2) is 10.9 Å². The zero-order valence-electron chi connectivity index (χ0n) is 16.1. The Balaban J connectivity index is 1.69. The Morgan fingerprint density at radius 3 is 2.55 bits per heavy atom. The summed E-state index contributed by atoms with van der Waals surface area (Å²) in [6.45, 7) is -1.12. The Morgan fingerprint density at radius 2 is 1.84 bits per heavy atom. The van der Waals surface area contributed by atoms with Crippen molar-refractivity contribution in [2.45, 2.75) is 26.3 Å². The first-order valence-corrected chi connectivity index (χ1v) is 9.35. The van der Waals surface area contributed by atoms with E-state index < -0.39 is 18.4 Å². The molecule has 0 amide bonds. The third kappa shape index (κ3) is 6.14. The largest absolute Gasteiger partial charge is 0.433 e. The Kier molecular flexibility index (Phi) is 6.74. The van der Waals surface area contributed by atoms with Gasteiger partial charge in [-0.1, -0.05) is 24.3 Å². The fourth-order valence-electron chi connectivity index (χ4n) is 2.79. The Hall–Kier alpha value is -3.21. The first-order valence-electron chi connectivity index (χ1n) is 8.94. The summed E-state index contributed by atoms with van der Waals surface area (Å²) in [7, 11) is 0. The quantitative estimate of drug-likeness (QED) is 0.370. The Morgan fingerprint density at radius 1 is 1.10 bits per heavy atom. The average molecular weight is 456 g/mol. The summed E-state index contributed by atoms with van der Waals surface area (Å²) in [4.78, 5) is 0. The number of nitrogens with one attached hydrogen (secondary N) is 2. The SMILES string of the molecule is Cc1cc(NC(=S)Nc2ccccc2OC(F)F)nn1Cc1cccc(C(F)(F)F)c1. The molecule has 0 aliphatic rings. The number of hydrogen-bond donors (Lipinski definition) is 2. The van der Waals surface area contributed by atoms with Crippen LogP contribution in [0.5, 0.6) is 5.75 Å². The molecule has 5 nitrogen and oxygen atoms in total. The summed E-state index contributed by atoms with van der Waals surface area (Å²) < 4.78 is 69.7. The lowest BCUT2D eigenvalue weighted by Gasteiger charge is -2.13. The first-order chi connectivity index (χ1) is 14.6. The molecule has 0 spiro atoms. The molecule has 3 aromatic rings. The molecule has 2 aromatic carbocycles. The van der Waals surface area contributed by atoms with Crippen molar-refractivity contribution in [1.29, 1.82) is 0 Å². The van der Waals surface area contributed by atoms with Gasteiger partial charge in [0.25, 0.3) is 0 Å². The second-order valence-electron chi connectivity index (χ2n) is 6.48. The van der Waals surface area contributed by atoms with E-state index >= 15 is 0 Å². The van der Waals surface area contributed by atoms with E-state index in [1.807, 2.05) is 0 Å². The third-order valence-corrected chi connectivity index (χ3v) is 4.36. The van der Waals surface area contributed by atoms with Gasteiger partial charge in [-0.15, -0.1) is 0 Å². The number of halogens is 5. The molecule has 11 heteroatoms. The number of anilines is 2. The third-order valence-electron chi connectivity index (χ3n) is 4.16. The molecule has 0 saturated heterocycles. The van der Waals surface area contributed by atoms with Gasteiger partial charge in [0, 0.05) is 11.8 Å². The molecule has 0 aliphatic carbocycles. The smallest absolute Gasteiger partial charge is 0.416 e. The molecule has 3 rings (SSSR count). The normalized spacial score (nSPS) is 11.5. The van der Waals surface area contributed by atoms with Gasteiger partial charge in [0.05, 0.1) is 17.8 Å². The van der Waals surface area contributed by atoms with Crippen LogP contribution in [0.3, 0.4) is 0 Å². The van der Waals surface area contributed by atoms with E-state index in [1.165, 1.54) is 28.9 Å². The highest BCUT2D eigenvalue weighted by Gasteiger charge is 2.30. The van der Waals surface area contributed by atoms with Gasteiger partial charge < -0.3 is 15.4 Å². The standard InChI is InChI=1S/C20H17F5N4OS/c1-12-9-17(27-19(31)26-15-7-2-3-8-16(15)30-18(21)22)28-29(12)11-13-5-4-6-14(10-13)20(23,24)25/h2-10,18H,11H2,1H3,(H2,26,27,28,31). The van der Waals surface area contributed by atoms with Crippen LogP contribution >= 0.6 is 12.2 Å². The second-order valence-corrected chi connectivity index (χ2v) is 6.89. The lowest BCUT2D eigenvalue weighted by molar-refractivity contribution is -0.137. The van der Waals surface area contributed by atoms with Crippen molar-refractivity contribution in [2.24, 2.45) is 0 Å². The highest BCUT2D eigenvalue weighted by Crippen LogP contribution is 2.30. The number of para-hydroxylation sites is 2. The molecule has 2 N–H and O–H groups in total. The molecule has 0 bridgehead atoms. The second kappa shape index (κ2) is 9.29. The van der Waals surface area contributed by atoms with Crippen LogP contribution in [0.4, 0.5) is 33.5 Å². The van der Waals surface area contributed by atoms with E-state index in [1.54, 1.807) is 25.1 Å². The van der Waals surface area contributed by atoms with Crippen molar-refractivity contribution >= 4 is 28.8 Å². The summed E-state index contributed by atoms with van der Waals surface area (Å²) >= 11 is 5.19. The van der Waals surface area contributed by atoms with E-state index in [9.17, 15) is 22.0 Å². The van der Waals surface area contributed by atoms with Gasteiger partial charge in [-0.05, 0) is 49.0 Å². The average Bonchev–Trinajstić information content (AvgIpc) is 3.01. The number of rotatable bonds is 6. The number of hydrogen-bond acceptors (Lipinski definition) is 3. The van der Waals surface area contributed by atoms with Gasteiger partial charge in [0.2, 0.25) is 0 Å². The molecule has 0 fully saturated rings. The maximum Gasteiger partial charge on any atom is 0.416 e. The molecule has 0 aliphatic heterocycles. The molecular weight excluding hydrogens is 439 g/mol. The Bertz CT molecular complexity index is 1070. The van der Waals surface area contributed by atoms with Crippen molar-refractivity contribution in [3.63, 3.8) is 0 Å². The number of ether oxygens (including phenoxy) is 1. The molecule has 1 aromatic heterocycles. The van der Waals surface area contributed by atoms with Gasteiger partial charge in [-0.2, -0.15) is 27.1 Å². The first kappa shape index (κ1) is 22.5. The van der Waals surface area contributed by atoms with Crippen molar-refractivity contribution in [1.82, 2.24) is 9.78 Å². The van der Waals surface area contributed by atoms with Gasteiger partial charge in [0.1, 0.15) is 5.75 Å². The van der Waals surface area contributed by atoms with Crippen LogP contribution in [0.2, 0.25) is 0 Å². The van der Waals surface area contributed by atoms with Crippen molar-refractivity contribution in [3.8, 4) is 5.75 Å². The van der Waals surface area contributed by atoms with E-state index in [0.29, 0.717) is 17.1 Å². The predicted octanol–water partition coefficient (Wildman–Crippen LogP) is 5.67. The number of thiocarbonyl (C=S) groups is 1. The van der Waals surface area contributed by atoms with Crippen molar-refractivity contribution in [2.75, 3.05) is 10.6 Å². The molecule has 164 valence electrons.